The van der Waals surface area contributed by atoms with Gasteiger partial charge in [-0.1, -0.05) is 18.2 Å². The molecular weight excluding hydrogens is 495 g/mol. The maximum Gasteiger partial charge on any atom is 0.409 e. The minimum atomic E-state index is -3.28. The summed E-state index contributed by atoms with van der Waals surface area (Å²) in [4.78, 5) is 17.9. The lowest BCUT2D eigenvalue weighted by molar-refractivity contribution is 0.0963. The van der Waals surface area contributed by atoms with E-state index < -0.39 is 9.84 Å². The zero-order chi connectivity index (χ0) is 19.7. The zero-order valence-corrected chi connectivity index (χ0v) is 19.2. The smallest absolute Gasteiger partial charge is 0.409 e. The number of halogens is 1. The number of ether oxygens (including phenoxy) is 1. The Morgan fingerprint density at radius 3 is 2.54 bits per heavy atom. The second kappa shape index (κ2) is 12.1. The number of piperidine rings is 1. The molecule has 158 valence electrons. The van der Waals surface area contributed by atoms with Crippen LogP contribution in [0.2, 0.25) is 0 Å². The van der Waals surface area contributed by atoms with Crippen molar-refractivity contribution in [2.24, 2.45) is 10.7 Å². The number of aliphatic imine (C=N–C) groups is 1. The fraction of sp³-hybridized carbons (Fsp3) is 0.556. The number of guanidine groups is 1. The molecule has 1 fully saturated rings. The van der Waals surface area contributed by atoms with Crippen LogP contribution in [-0.2, 0) is 14.6 Å². The molecule has 8 nitrogen and oxygen atoms in total. The van der Waals surface area contributed by atoms with Gasteiger partial charge in [0.2, 0.25) is 0 Å². The van der Waals surface area contributed by atoms with Crippen molar-refractivity contribution in [2.75, 3.05) is 32.0 Å². The third kappa shape index (κ3) is 7.82. The van der Waals surface area contributed by atoms with Crippen LogP contribution in [0.3, 0.4) is 0 Å². The van der Waals surface area contributed by atoms with Crippen LogP contribution in [0, 0.1) is 0 Å². The molecule has 3 N–H and O–H groups in total. The summed E-state index contributed by atoms with van der Waals surface area (Å²) in [6.45, 7) is 3.72. The molecule has 1 aliphatic heterocycles. The summed E-state index contributed by atoms with van der Waals surface area (Å²) in [7, 11) is -3.28. The summed E-state index contributed by atoms with van der Waals surface area (Å²) in [5.41, 5.74) is 5.89. The number of hydrogen-bond acceptors (Lipinski definition) is 5. The summed E-state index contributed by atoms with van der Waals surface area (Å²) in [6.07, 6.45) is 1.65. The van der Waals surface area contributed by atoms with Gasteiger partial charge in [0.05, 0.1) is 17.3 Å². The van der Waals surface area contributed by atoms with Crippen molar-refractivity contribution >= 4 is 45.9 Å². The van der Waals surface area contributed by atoms with Gasteiger partial charge in [0.25, 0.3) is 0 Å². The van der Waals surface area contributed by atoms with Crippen molar-refractivity contribution in [3.63, 3.8) is 0 Å². The lowest BCUT2D eigenvalue weighted by Crippen LogP contribution is -2.48. The van der Waals surface area contributed by atoms with E-state index in [4.69, 9.17) is 10.5 Å². The molecule has 1 aromatic rings. The van der Waals surface area contributed by atoms with Gasteiger partial charge in [-0.25, -0.2) is 13.2 Å². The van der Waals surface area contributed by atoms with Crippen LogP contribution in [0.15, 0.2) is 40.2 Å². The Balaban J connectivity index is 0.00000392. The van der Waals surface area contributed by atoms with Crippen molar-refractivity contribution in [3.05, 3.63) is 30.3 Å². The maximum absolute atomic E-state index is 12.2. The SMILES string of the molecule is CCOC(=O)N1CCC(NC(N)=NCCCS(=O)(=O)c2ccccc2)CC1.I. The monoisotopic (exact) mass is 524 g/mol. The Morgan fingerprint density at radius 1 is 1.29 bits per heavy atom. The third-order valence-electron chi connectivity index (χ3n) is 4.33. The molecule has 10 heteroatoms. The van der Waals surface area contributed by atoms with Gasteiger partial charge < -0.3 is 20.7 Å². The Labute approximate surface area is 183 Å². The molecule has 0 atom stereocenters. The van der Waals surface area contributed by atoms with E-state index in [1.54, 1.807) is 42.2 Å². The molecule has 0 saturated carbocycles. The largest absolute Gasteiger partial charge is 0.450 e. The first-order valence-electron chi connectivity index (χ1n) is 9.18. The molecule has 0 spiro atoms. The Bertz CT molecular complexity index is 735. The van der Waals surface area contributed by atoms with Crippen molar-refractivity contribution in [1.29, 1.82) is 0 Å². The van der Waals surface area contributed by atoms with Gasteiger partial charge in [0.15, 0.2) is 15.8 Å². The minimum Gasteiger partial charge on any atom is -0.450 e. The fourth-order valence-electron chi connectivity index (χ4n) is 2.88. The highest BCUT2D eigenvalue weighted by atomic mass is 127. The van der Waals surface area contributed by atoms with E-state index in [1.165, 1.54) is 0 Å². The van der Waals surface area contributed by atoms with E-state index in [0.717, 1.165) is 12.8 Å². The quantitative estimate of drug-likeness (QED) is 0.244. The molecule has 0 aromatic heterocycles. The van der Waals surface area contributed by atoms with Crippen molar-refractivity contribution in [2.45, 2.75) is 37.1 Å². The standard InChI is InChI=1S/C18H28N4O4S.HI/c1-2-26-18(23)22-12-9-15(10-13-22)21-17(19)20-11-6-14-27(24,25)16-7-4-3-5-8-16;/h3-5,7-8,15H,2,6,9-14H2,1H3,(H3,19,20,21);1H. The fourth-order valence-corrected chi connectivity index (χ4v) is 4.19. The summed E-state index contributed by atoms with van der Waals surface area (Å²) >= 11 is 0. The predicted molar refractivity (Wildman–Crippen MR) is 120 cm³/mol. The first-order valence-corrected chi connectivity index (χ1v) is 10.8. The Morgan fingerprint density at radius 2 is 1.93 bits per heavy atom. The summed E-state index contributed by atoms with van der Waals surface area (Å²) in [6, 6.07) is 8.54. The van der Waals surface area contributed by atoms with Crippen molar-refractivity contribution in [3.8, 4) is 0 Å². The van der Waals surface area contributed by atoms with Crippen LogP contribution in [-0.4, -0.2) is 63.4 Å². The molecule has 2 rings (SSSR count). The lowest BCUT2D eigenvalue weighted by atomic mass is 10.1. The molecule has 0 radical (unpaired) electrons. The van der Waals surface area contributed by atoms with Crippen molar-refractivity contribution < 1.29 is 17.9 Å². The highest BCUT2D eigenvalue weighted by Crippen LogP contribution is 2.12. The average molecular weight is 524 g/mol. The molecule has 1 saturated heterocycles. The molecule has 1 amide bonds. The molecule has 1 aromatic carbocycles. The van der Waals surface area contributed by atoms with Gasteiger partial charge in [-0.2, -0.15) is 0 Å². The van der Waals surface area contributed by atoms with E-state index in [-0.39, 0.29) is 41.9 Å². The van der Waals surface area contributed by atoms with Gasteiger partial charge in [-0.05, 0) is 38.3 Å². The number of carbonyl (C=O) groups excluding carboxylic acids is 1. The van der Waals surface area contributed by atoms with Crippen LogP contribution < -0.4 is 11.1 Å². The molecule has 0 aliphatic carbocycles. The van der Waals surface area contributed by atoms with Crippen LogP contribution in [0.5, 0.6) is 0 Å². The summed E-state index contributed by atoms with van der Waals surface area (Å²) < 4.78 is 29.4. The second-order valence-electron chi connectivity index (χ2n) is 6.36. The zero-order valence-electron chi connectivity index (χ0n) is 16.0. The van der Waals surface area contributed by atoms with Crippen LogP contribution in [0.25, 0.3) is 0 Å². The molecule has 1 aliphatic rings. The molecular formula is C18H29IN4O4S. The van der Waals surface area contributed by atoms with E-state index in [9.17, 15) is 13.2 Å². The first kappa shape index (κ1) is 24.5. The summed E-state index contributed by atoms with van der Waals surface area (Å²) in [5, 5.41) is 3.14. The van der Waals surface area contributed by atoms with Gasteiger partial charge >= 0.3 is 6.09 Å². The van der Waals surface area contributed by atoms with Gasteiger partial charge in [-0.3, -0.25) is 4.99 Å². The average Bonchev–Trinajstić information content (AvgIpc) is 2.67. The van der Waals surface area contributed by atoms with Crippen LogP contribution in [0.4, 0.5) is 4.79 Å². The molecule has 0 unspecified atom stereocenters. The van der Waals surface area contributed by atoms with Crippen LogP contribution >= 0.6 is 24.0 Å². The predicted octanol–water partition coefficient (Wildman–Crippen LogP) is 1.99. The highest BCUT2D eigenvalue weighted by Gasteiger charge is 2.23. The number of nitrogens with zero attached hydrogens (tertiary/aromatic N) is 2. The summed E-state index contributed by atoms with van der Waals surface area (Å²) in [5.74, 6) is 0.341. The van der Waals surface area contributed by atoms with Gasteiger partial charge in [0.1, 0.15) is 0 Å². The van der Waals surface area contributed by atoms with E-state index >= 15 is 0 Å². The number of rotatable bonds is 7. The Hall–Kier alpha value is -1.56. The number of amides is 1. The van der Waals surface area contributed by atoms with Gasteiger partial charge in [-0.15, -0.1) is 24.0 Å². The van der Waals surface area contributed by atoms with E-state index in [2.05, 4.69) is 10.3 Å². The normalized spacial score (nSPS) is 15.6. The maximum atomic E-state index is 12.2. The molecule has 0 bridgehead atoms. The topological polar surface area (TPSA) is 114 Å². The number of nitrogens with one attached hydrogen (secondary N) is 1. The van der Waals surface area contributed by atoms with E-state index in [1.807, 2.05) is 0 Å². The molecule has 28 heavy (non-hydrogen) atoms. The van der Waals surface area contributed by atoms with Crippen LogP contribution in [0.1, 0.15) is 26.2 Å². The molecule has 1 heterocycles. The first-order chi connectivity index (χ1) is 12.9. The van der Waals surface area contributed by atoms with E-state index in [0.29, 0.717) is 43.5 Å². The number of sulfone groups is 1. The van der Waals surface area contributed by atoms with Gasteiger partial charge in [0, 0.05) is 25.7 Å². The minimum absolute atomic E-state index is 0. The number of likely N-dealkylation sites (tertiary alicyclic amines) is 1. The number of benzene rings is 1. The lowest BCUT2D eigenvalue weighted by Gasteiger charge is -2.31. The number of nitrogens with two attached hydrogens (primary N) is 1. The Kier molecular flexibility index (Phi) is 10.6. The number of carbonyl (C=O) groups is 1. The van der Waals surface area contributed by atoms with Crippen molar-refractivity contribution in [1.82, 2.24) is 10.2 Å². The highest BCUT2D eigenvalue weighted by molar-refractivity contribution is 14.0. The third-order valence-corrected chi connectivity index (χ3v) is 6.15. The number of hydrogen-bond donors (Lipinski definition) is 2. The second-order valence-corrected chi connectivity index (χ2v) is 8.47.